The topological polar surface area (TPSA) is 32.6 Å². The highest BCUT2D eigenvalue weighted by molar-refractivity contribution is 5.77. The molecule has 1 heterocycles. The molecule has 1 aliphatic rings. The lowest BCUT2D eigenvalue weighted by Gasteiger charge is -2.36. The fourth-order valence-corrected chi connectivity index (χ4v) is 4.13. The molecule has 0 aliphatic carbocycles. The molecule has 2 unspecified atom stereocenters. The van der Waals surface area contributed by atoms with Crippen molar-refractivity contribution >= 4 is 5.84 Å². The molecule has 2 atom stereocenters. The Kier molecular flexibility index (Phi) is 12.9. The van der Waals surface area contributed by atoms with Crippen molar-refractivity contribution in [2.75, 3.05) is 19.6 Å². The molecule has 0 spiro atoms. The van der Waals surface area contributed by atoms with Gasteiger partial charge >= 0.3 is 0 Å². The lowest BCUT2D eigenvalue weighted by atomic mass is 10.1. The smallest absolute Gasteiger partial charge is 0.200 e. The third kappa shape index (κ3) is 8.35. The number of amidine groups is 1. The summed E-state index contributed by atoms with van der Waals surface area (Å²) in [6.45, 7) is 9.13. The Hall–Kier alpha value is -0.670. The molecule has 1 aliphatic heterocycles. The van der Waals surface area contributed by atoms with Crippen LogP contribution in [0.25, 0.3) is 0 Å². The van der Waals surface area contributed by atoms with Gasteiger partial charge in [0, 0.05) is 13.3 Å². The van der Waals surface area contributed by atoms with Gasteiger partial charge < -0.3 is 5.11 Å². The summed E-state index contributed by atoms with van der Waals surface area (Å²) in [5.41, 5.74) is 0. The Morgan fingerprint density at radius 2 is 1.50 bits per heavy atom. The monoisotopic (exact) mass is 365 g/mol. The number of hydrogen-bond acceptors (Lipinski definition) is 2. The predicted molar refractivity (Wildman–Crippen MR) is 114 cm³/mol. The van der Waals surface area contributed by atoms with Gasteiger partial charge in [0.25, 0.3) is 0 Å². The quantitative estimate of drug-likeness (QED) is 0.196. The summed E-state index contributed by atoms with van der Waals surface area (Å²) in [6.07, 6.45) is 21.6. The van der Waals surface area contributed by atoms with Crippen molar-refractivity contribution in [2.24, 2.45) is 4.99 Å². The number of aliphatic hydroxyl groups excluding tert-OH is 1. The summed E-state index contributed by atoms with van der Waals surface area (Å²) in [5.74, 6) is 1.20. The van der Waals surface area contributed by atoms with Crippen LogP contribution in [0.4, 0.5) is 0 Å². The lowest BCUT2D eigenvalue weighted by molar-refractivity contribution is -0.882. The maximum absolute atomic E-state index is 10.2. The highest BCUT2D eigenvalue weighted by atomic mass is 16.3. The third-order valence-electron chi connectivity index (χ3n) is 6.01. The minimum absolute atomic E-state index is 0.336. The standard InChI is InChI=1S/C23H45N2O/c1-4-6-7-8-9-10-11-12-13-14-15-16-17-18-19-23-24-20-21-25(23,5-2)22(3)26/h16-17,22,26H,4-15,18-21H2,1-3H3/q+1/b17-16+. The predicted octanol–water partition coefficient (Wildman–Crippen LogP) is 6.22. The molecule has 3 heteroatoms. The van der Waals surface area contributed by atoms with E-state index in [0.717, 1.165) is 32.5 Å². The van der Waals surface area contributed by atoms with Crippen LogP contribution in [0.15, 0.2) is 17.1 Å². The van der Waals surface area contributed by atoms with Crippen molar-refractivity contribution in [3.8, 4) is 0 Å². The summed E-state index contributed by atoms with van der Waals surface area (Å²) in [6, 6.07) is 0. The van der Waals surface area contributed by atoms with Crippen LogP contribution < -0.4 is 0 Å². The number of quaternary nitrogens is 1. The van der Waals surface area contributed by atoms with Gasteiger partial charge in [0.05, 0.1) is 13.1 Å². The van der Waals surface area contributed by atoms with E-state index < -0.39 is 0 Å². The van der Waals surface area contributed by atoms with Crippen molar-refractivity contribution in [3.63, 3.8) is 0 Å². The number of nitrogens with zero attached hydrogens (tertiary/aromatic N) is 2. The summed E-state index contributed by atoms with van der Waals surface area (Å²) < 4.78 is 0.687. The molecule has 0 amide bonds. The average molecular weight is 366 g/mol. The van der Waals surface area contributed by atoms with Crippen molar-refractivity contribution in [2.45, 2.75) is 110 Å². The third-order valence-corrected chi connectivity index (χ3v) is 6.01. The second-order valence-corrected chi connectivity index (χ2v) is 7.98. The molecule has 0 aromatic heterocycles. The number of unbranched alkanes of at least 4 members (excludes halogenated alkanes) is 10. The molecule has 0 fully saturated rings. The molecule has 0 aromatic rings. The van der Waals surface area contributed by atoms with E-state index in [1.807, 2.05) is 6.92 Å². The number of allylic oxidation sites excluding steroid dienone is 2. The van der Waals surface area contributed by atoms with Gasteiger partial charge in [0.15, 0.2) is 6.23 Å². The second-order valence-electron chi connectivity index (χ2n) is 7.98. The number of hydrogen-bond donors (Lipinski definition) is 1. The minimum Gasteiger partial charge on any atom is -0.345 e. The largest absolute Gasteiger partial charge is 0.345 e. The molecule has 0 saturated carbocycles. The summed E-state index contributed by atoms with van der Waals surface area (Å²) in [5, 5.41) is 10.2. The Morgan fingerprint density at radius 1 is 0.923 bits per heavy atom. The van der Waals surface area contributed by atoms with E-state index in [2.05, 4.69) is 31.0 Å². The zero-order valence-electron chi connectivity index (χ0n) is 17.9. The van der Waals surface area contributed by atoms with Gasteiger partial charge in [0.2, 0.25) is 5.84 Å². The second kappa shape index (κ2) is 14.4. The molecule has 1 rings (SSSR count). The zero-order valence-corrected chi connectivity index (χ0v) is 17.9. The zero-order chi connectivity index (χ0) is 19.1. The lowest BCUT2D eigenvalue weighted by Crippen LogP contribution is -2.56. The van der Waals surface area contributed by atoms with Gasteiger partial charge in [0.1, 0.15) is 6.54 Å². The van der Waals surface area contributed by atoms with Crippen molar-refractivity contribution in [1.82, 2.24) is 0 Å². The van der Waals surface area contributed by atoms with E-state index in [-0.39, 0.29) is 6.23 Å². The first-order valence-corrected chi connectivity index (χ1v) is 11.4. The fourth-order valence-electron chi connectivity index (χ4n) is 4.13. The number of rotatable bonds is 16. The van der Waals surface area contributed by atoms with E-state index in [1.54, 1.807) is 0 Å². The van der Waals surface area contributed by atoms with Crippen LogP contribution in [0.5, 0.6) is 0 Å². The number of likely N-dealkylation sites (N-methyl/N-ethyl adjacent to an activating group) is 1. The van der Waals surface area contributed by atoms with E-state index in [1.165, 1.54) is 76.5 Å². The molecule has 152 valence electrons. The highest BCUT2D eigenvalue weighted by Crippen LogP contribution is 2.22. The van der Waals surface area contributed by atoms with Crippen LogP contribution in [0.1, 0.15) is 104 Å². The summed E-state index contributed by atoms with van der Waals surface area (Å²) >= 11 is 0. The fraction of sp³-hybridized carbons (Fsp3) is 0.870. The van der Waals surface area contributed by atoms with E-state index in [4.69, 9.17) is 0 Å². The van der Waals surface area contributed by atoms with E-state index in [0.29, 0.717) is 4.48 Å². The highest BCUT2D eigenvalue weighted by Gasteiger charge is 2.40. The van der Waals surface area contributed by atoms with Crippen LogP contribution in [-0.4, -0.2) is 41.3 Å². The van der Waals surface area contributed by atoms with Gasteiger partial charge in [-0.2, -0.15) is 0 Å². The maximum Gasteiger partial charge on any atom is 0.200 e. The first-order valence-electron chi connectivity index (χ1n) is 11.4. The van der Waals surface area contributed by atoms with Crippen LogP contribution in [0, 0.1) is 0 Å². The average Bonchev–Trinajstić information content (AvgIpc) is 3.06. The van der Waals surface area contributed by atoms with Gasteiger partial charge in [-0.05, 0) is 26.2 Å². The first-order chi connectivity index (χ1) is 12.7. The van der Waals surface area contributed by atoms with Gasteiger partial charge in [-0.15, -0.1) is 0 Å². The van der Waals surface area contributed by atoms with Crippen LogP contribution in [-0.2, 0) is 0 Å². The molecular weight excluding hydrogens is 320 g/mol. The van der Waals surface area contributed by atoms with Crippen molar-refractivity contribution in [1.29, 1.82) is 0 Å². The summed E-state index contributed by atoms with van der Waals surface area (Å²) in [7, 11) is 0. The molecular formula is C23H45N2O+. The Balaban J connectivity index is 2.00. The minimum atomic E-state index is -0.336. The number of aliphatic imine (C=N–C) groups is 1. The molecule has 0 saturated heterocycles. The summed E-state index contributed by atoms with van der Waals surface area (Å²) in [4.78, 5) is 4.68. The normalized spacial score (nSPS) is 21.5. The Morgan fingerprint density at radius 3 is 2.08 bits per heavy atom. The maximum atomic E-state index is 10.2. The Bertz CT molecular complexity index is 403. The molecule has 1 N–H and O–H groups in total. The first kappa shape index (κ1) is 23.4. The van der Waals surface area contributed by atoms with Crippen LogP contribution in [0.3, 0.4) is 0 Å². The Labute approximate surface area is 163 Å². The van der Waals surface area contributed by atoms with Crippen LogP contribution >= 0.6 is 0 Å². The van der Waals surface area contributed by atoms with Crippen molar-refractivity contribution < 1.29 is 9.59 Å². The SMILES string of the molecule is CCCCCCCCCCCC/C=C/CCC1=NCC[N+]1(CC)C(C)O. The molecule has 0 bridgehead atoms. The molecule has 3 nitrogen and oxygen atoms in total. The van der Waals surface area contributed by atoms with Gasteiger partial charge in [-0.25, -0.2) is 4.99 Å². The molecule has 26 heavy (non-hydrogen) atoms. The molecule has 0 aromatic carbocycles. The van der Waals surface area contributed by atoms with Crippen LogP contribution in [0.2, 0.25) is 0 Å². The molecule has 0 radical (unpaired) electrons. The van der Waals surface area contributed by atoms with Gasteiger partial charge in [-0.3, -0.25) is 4.48 Å². The van der Waals surface area contributed by atoms with Gasteiger partial charge in [-0.1, -0.05) is 76.9 Å². The van der Waals surface area contributed by atoms with E-state index >= 15 is 0 Å². The van der Waals surface area contributed by atoms with E-state index in [9.17, 15) is 5.11 Å². The van der Waals surface area contributed by atoms with Crippen molar-refractivity contribution in [3.05, 3.63) is 12.2 Å². The number of aliphatic hydroxyl groups is 1.